The zero-order valence-electron chi connectivity index (χ0n) is 13.7. The lowest BCUT2D eigenvalue weighted by atomic mass is 10.1. The molecule has 1 aliphatic heterocycles. The van der Waals surface area contributed by atoms with E-state index in [1.54, 1.807) is 18.2 Å². The molecule has 0 aliphatic carbocycles. The first-order valence-corrected chi connectivity index (χ1v) is 8.27. The van der Waals surface area contributed by atoms with Crippen LogP contribution in [-0.2, 0) is 16.1 Å². The Bertz CT molecular complexity index is 587. The number of nitrogens with one attached hydrogen (secondary N) is 2. The molecule has 0 saturated carbocycles. The lowest BCUT2D eigenvalue weighted by Crippen LogP contribution is -2.30. The highest BCUT2D eigenvalue weighted by Crippen LogP contribution is 2.15. The summed E-state index contributed by atoms with van der Waals surface area (Å²) in [5.74, 6) is -0.276. The van der Waals surface area contributed by atoms with Crippen LogP contribution in [0, 0.1) is 0 Å². The number of carbonyl (C=O) groups excluding carboxylic acids is 3. The zero-order valence-corrected chi connectivity index (χ0v) is 13.7. The van der Waals surface area contributed by atoms with Crippen molar-refractivity contribution in [1.29, 1.82) is 0 Å². The molecule has 7 heteroatoms. The predicted octanol–water partition coefficient (Wildman–Crippen LogP) is 1.59. The number of rotatable bonds is 9. The van der Waals surface area contributed by atoms with Crippen LogP contribution < -0.4 is 16.4 Å². The molecule has 24 heavy (non-hydrogen) atoms. The lowest BCUT2D eigenvalue weighted by molar-refractivity contribution is -0.125. The summed E-state index contributed by atoms with van der Waals surface area (Å²) in [7, 11) is 0. The Kier molecular flexibility index (Phi) is 6.74. The van der Waals surface area contributed by atoms with Crippen molar-refractivity contribution in [2.45, 2.75) is 38.6 Å². The standard InChI is InChI=1S/C17H24N4O3/c18-9-4-2-1-3-8-15(22)20-14-7-5-6-13(10-14)12-21-16(23)11-19-17(21)24/h5-7,10H,1-4,8-9,11-12,18H2,(H,19,24)(H,20,22). The summed E-state index contributed by atoms with van der Waals surface area (Å²) in [6.45, 7) is 0.934. The molecule has 0 radical (unpaired) electrons. The van der Waals surface area contributed by atoms with Crippen molar-refractivity contribution < 1.29 is 14.4 Å². The highest BCUT2D eigenvalue weighted by Gasteiger charge is 2.28. The SMILES string of the molecule is NCCCCCCC(=O)Nc1cccc(CN2C(=O)CNC2=O)c1. The molecule has 1 aliphatic rings. The number of hydrogen-bond donors (Lipinski definition) is 3. The molecular weight excluding hydrogens is 308 g/mol. The Morgan fingerprint density at radius 1 is 1.21 bits per heavy atom. The Hall–Kier alpha value is -2.41. The average Bonchev–Trinajstić information content (AvgIpc) is 2.87. The summed E-state index contributed by atoms with van der Waals surface area (Å²) >= 11 is 0. The van der Waals surface area contributed by atoms with Gasteiger partial charge >= 0.3 is 6.03 Å². The van der Waals surface area contributed by atoms with Crippen molar-refractivity contribution in [3.05, 3.63) is 29.8 Å². The van der Waals surface area contributed by atoms with Crippen LogP contribution in [0.15, 0.2) is 24.3 Å². The zero-order chi connectivity index (χ0) is 17.4. The van der Waals surface area contributed by atoms with Gasteiger partial charge in [0, 0.05) is 12.1 Å². The normalized spacial score (nSPS) is 14.0. The molecule has 1 aromatic carbocycles. The molecule has 0 bridgehead atoms. The topological polar surface area (TPSA) is 105 Å². The van der Waals surface area contributed by atoms with Crippen LogP contribution in [0.3, 0.4) is 0 Å². The average molecular weight is 332 g/mol. The fraction of sp³-hybridized carbons (Fsp3) is 0.471. The summed E-state index contributed by atoms with van der Waals surface area (Å²) < 4.78 is 0. The van der Waals surface area contributed by atoms with Gasteiger partial charge in [-0.3, -0.25) is 14.5 Å². The van der Waals surface area contributed by atoms with Gasteiger partial charge in [0.1, 0.15) is 0 Å². The minimum atomic E-state index is -0.382. The summed E-state index contributed by atoms with van der Waals surface area (Å²) in [4.78, 5) is 36.3. The number of nitrogens with zero attached hydrogens (tertiary/aromatic N) is 1. The van der Waals surface area contributed by atoms with E-state index < -0.39 is 0 Å². The fourth-order valence-corrected chi connectivity index (χ4v) is 2.55. The second kappa shape index (κ2) is 9.02. The van der Waals surface area contributed by atoms with Gasteiger partial charge in [0.2, 0.25) is 11.8 Å². The Balaban J connectivity index is 1.82. The van der Waals surface area contributed by atoms with Gasteiger partial charge in [-0.1, -0.05) is 25.0 Å². The molecule has 4 amide bonds. The number of nitrogens with two attached hydrogens (primary N) is 1. The molecule has 1 aromatic rings. The monoisotopic (exact) mass is 332 g/mol. The Morgan fingerprint density at radius 3 is 2.71 bits per heavy atom. The van der Waals surface area contributed by atoms with Crippen LogP contribution in [0.25, 0.3) is 0 Å². The molecule has 2 rings (SSSR count). The van der Waals surface area contributed by atoms with Crippen molar-refractivity contribution >= 4 is 23.5 Å². The van der Waals surface area contributed by atoms with Crippen LogP contribution >= 0.6 is 0 Å². The van der Waals surface area contributed by atoms with E-state index in [9.17, 15) is 14.4 Å². The number of amides is 4. The van der Waals surface area contributed by atoms with Crippen LogP contribution in [0.4, 0.5) is 10.5 Å². The van der Waals surface area contributed by atoms with Gasteiger partial charge in [-0.25, -0.2) is 4.79 Å². The van der Waals surface area contributed by atoms with Crippen molar-refractivity contribution in [3.8, 4) is 0 Å². The van der Waals surface area contributed by atoms with E-state index in [0.717, 1.165) is 31.2 Å². The molecule has 1 fully saturated rings. The highest BCUT2D eigenvalue weighted by atomic mass is 16.2. The molecule has 0 atom stereocenters. The van der Waals surface area contributed by atoms with Crippen molar-refractivity contribution in [1.82, 2.24) is 10.2 Å². The number of urea groups is 1. The minimum absolute atomic E-state index is 0.0325. The van der Waals surface area contributed by atoms with E-state index in [1.165, 1.54) is 4.90 Å². The lowest BCUT2D eigenvalue weighted by Gasteiger charge is -2.13. The third kappa shape index (κ3) is 5.34. The molecule has 4 N–H and O–H groups in total. The van der Waals surface area contributed by atoms with Crippen molar-refractivity contribution in [3.63, 3.8) is 0 Å². The van der Waals surface area contributed by atoms with Gasteiger partial charge in [0.15, 0.2) is 0 Å². The molecule has 0 spiro atoms. The molecule has 0 unspecified atom stereocenters. The van der Waals surface area contributed by atoms with Gasteiger partial charge < -0.3 is 16.4 Å². The van der Waals surface area contributed by atoms with Crippen LogP contribution in [0.5, 0.6) is 0 Å². The maximum atomic E-state index is 11.9. The number of benzene rings is 1. The summed E-state index contributed by atoms with van der Waals surface area (Å²) in [6.07, 6.45) is 4.35. The van der Waals surface area contributed by atoms with E-state index >= 15 is 0 Å². The molecule has 7 nitrogen and oxygen atoms in total. The molecule has 0 aromatic heterocycles. The van der Waals surface area contributed by atoms with E-state index in [0.29, 0.717) is 18.7 Å². The second-order valence-electron chi connectivity index (χ2n) is 5.84. The first-order chi connectivity index (χ1) is 11.6. The smallest absolute Gasteiger partial charge is 0.324 e. The Labute approximate surface area is 141 Å². The van der Waals surface area contributed by atoms with Gasteiger partial charge in [-0.15, -0.1) is 0 Å². The van der Waals surface area contributed by atoms with Gasteiger partial charge in [0.25, 0.3) is 0 Å². The van der Waals surface area contributed by atoms with E-state index in [4.69, 9.17) is 5.73 Å². The van der Waals surface area contributed by atoms with Crippen LogP contribution in [0.2, 0.25) is 0 Å². The second-order valence-corrected chi connectivity index (χ2v) is 5.84. The third-order valence-corrected chi connectivity index (χ3v) is 3.85. The van der Waals surface area contributed by atoms with Crippen molar-refractivity contribution in [2.24, 2.45) is 5.73 Å². The number of anilines is 1. The molecule has 1 heterocycles. The Morgan fingerprint density at radius 2 is 2.00 bits per heavy atom. The summed E-state index contributed by atoms with van der Waals surface area (Å²) in [5, 5.41) is 5.34. The van der Waals surface area contributed by atoms with Crippen molar-refractivity contribution in [2.75, 3.05) is 18.4 Å². The third-order valence-electron chi connectivity index (χ3n) is 3.85. The van der Waals surface area contributed by atoms with Gasteiger partial charge in [0.05, 0.1) is 13.1 Å². The quantitative estimate of drug-likeness (QED) is 0.472. The maximum Gasteiger partial charge on any atom is 0.324 e. The molecular formula is C17H24N4O3. The summed E-state index contributed by atoms with van der Waals surface area (Å²) in [6, 6.07) is 6.81. The fourth-order valence-electron chi connectivity index (χ4n) is 2.55. The van der Waals surface area contributed by atoms with E-state index in [2.05, 4.69) is 10.6 Å². The summed E-state index contributed by atoms with van der Waals surface area (Å²) in [5.41, 5.74) is 6.90. The first kappa shape index (κ1) is 17.9. The predicted molar refractivity (Wildman–Crippen MR) is 91.2 cm³/mol. The minimum Gasteiger partial charge on any atom is -0.330 e. The van der Waals surface area contributed by atoms with E-state index in [-0.39, 0.29) is 30.9 Å². The van der Waals surface area contributed by atoms with Crippen LogP contribution in [-0.4, -0.2) is 35.8 Å². The van der Waals surface area contributed by atoms with Crippen LogP contribution in [0.1, 0.15) is 37.7 Å². The number of unbranched alkanes of at least 4 members (excludes halogenated alkanes) is 3. The number of carbonyl (C=O) groups is 3. The largest absolute Gasteiger partial charge is 0.330 e. The number of hydrogen-bond acceptors (Lipinski definition) is 4. The van der Waals surface area contributed by atoms with Gasteiger partial charge in [-0.05, 0) is 37.1 Å². The first-order valence-electron chi connectivity index (χ1n) is 8.27. The molecule has 1 saturated heterocycles. The van der Waals surface area contributed by atoms with Gasteiger partial charge in [-0.2, -0.15) is 0 Å². The highest BCUT2D eigenvalue weighted by molar-refractivity contribution is 6.01. The maximum absolute atomic E-state index is 11.9. The van der Waals surface area contributed by atoms with E-state index in [1.807, 2.05) is 6.07 Å². The number of imide groups is 1. The molecule has 130 valence electrons.